The van der Waals surface area contributed by atoms with Gasteiger partial charge in [0.1, 0.15) is 6.04 Å². The van der Waals surface area contributed by atoms with Gasteiger partial charge in [0.05, 0.1) is 6.61 Å². The summed E-state index contributed by atoms with van der Waals surface area (Å²) in [6, 6.07) is -0.594. The third-order valence-electron chi connectivity index (χ3n) is 1.60. The van der Waals surface area contributed by atoms with E-state index in [2.05, 4.69) is 33.4 Å². The summed E-state index contributed by atoms with van der Waals surface area (Å²) in [5.74, 6) is -0.0341. The van der Waals surface area contributed by atoms with Gasteiger partial charge in [-0.3, -0.25) is 4.79 Å². The first kappa shape index (κ1) is 12.8. The van der Waals surface area contributed by atoms with E-state index in [0.29, 0.717) is 12.4 Å². The van der Waals surface area contributed by atoms with E-state index in [0.717, 1.165) is 6.42 Å². The largest absolute Gasteiger partial charge is 0.464 e. The van der Waals surface area contributed by atoms with Gasteiger partial charge in [-0.05, 0) is 11.8 Å². The highest BCUT2D eigenvalue weighted by Gasteiger charge is 2.15. The summed E-state index contributed by atoms with van der Waals surface area (Å²) < 4.78 is 4.96. The maximum absolute atomic E-state index is 11.1. The second kappa shape index (κ2) is 5.50. The summed E-state index contributed by atoms with van der Waals surface area (Å²) in [7, 11) is 0. The van der Waals surface area contributed by atoms with Crippen molar-refractivity contribution in [3.05, 3.63) is 0 Å². The average Bonchev–Trinajstić information content (AvgIpc) is 2.00. The monoisotopic (exact) mass is 205 g/mol. The molecule has 0 amide bonds. The fourth-order valence-electron chi connectivity index (χ4n) is 0.639. The van der Waals surface area contributed by atoms with Gasteiger partial charge >= 0.3 is 5.97 Å². The van der Waals surface area contributed by atoms with Gasteiger partial charge in [-0.25, -0.2) is 0 Å². The zero-order valence-corrected chi connectivity index (χ0v) is 9.43. The molecule has 0 radical (unpaired) electrons. The van der Waals surface area contributed by atoms with Gasteiger partial charge in [-0.2, -0.15) is 12.6 Å². The Hall–Kier alpha value is -0.220. The minimum Gasteiger partial charge on any atom is -0.464 e. The second-order valence-corrected chi connectivity index (χ2v) is 4.63. The number of hydrogen-bond acceptors (Lipinski definition) is 4. The van der Waals surface area contributed by atoms with Crippen LogP contribution in [0, 0.1) is 5.41 Å². The van der Waals surface area contributed by atoms with E-state index in [9.17, 15) is 4.79 Å². The van der Waals surface area contributed by atoms with Gasteiger partial charge in [0, 0.05) is 5.75 Å². The van der Waals surface area contributed by atoms with Crippen molar-refractivity contribution in [3.63, 3.8) is 0 Å². The summed E-state index contributed by atoms with van der Waals surface area (Å²) >= 11 is 3.91. The fourth-order valence-corrected chi connectivity index (χ4v) is 0.788. The Labute approximate surface area is 85.4 Å². The summed E-state index contributed by atoms with van der Waals surface area (Å²) in [6.07, 6.45) is 0.845. The third kappa shape index (κ3) is 6.90. The van der Waals surface area contributed by atoms with Gasteiger partial charge in [0.2, 0.25) is 0 Å². The Morgan fingerprint density at radius 2 is 2.08 bits per heavy atom. The number of thiol groups is 1. The first-order valence-electron chi connectivity index (χ1n) is 4.40. The minimum absolute atomic E-state index is 0.186. The molecule has 0 fully saturated rings. The standard InChI is InChI=1S/C9H19NO2S/c1-9(2,3)4-5-12-8(11)7(10)6-13/h7,13H,4-6,10H2,1-3H3/t7-/m1/s1. The van der Waals surface area contributed by atoms with Crippen LogP contribution in [-0.2, 0) is 9.53 Å². The first-order valence-corrected chi connectivity index (χ1v) is 5.03. The summed E-state index contributed by atoms with van der Waals surface area (Å²) in [4.78, 5) is 11.1. The van der Waals surface area contributed by atoms with Crippen molar-refractivity contribution in [3.8, 4) is 0 Å². The van der Waals surface area contributed by atoms with E-state index in [4.69, 9.17) is 10.5 Å². The molecule has 0 spiro atoms. The van der Waals surface area contributed by atoms with Crippen LogP contribution in [0.3, 0.4) is 0 Å². The maximum Gasteiger partial charge on any atom is 0.323 e. The van der Waals surface area contributed by atoms with Crippen molar-refractivity contribution < 1.29 is 9.53 Å². The molecule has 0 rings (SSSR count). The summed E-state index contributed by atoms with van der Waals surface area (Å²) in [5, 5.41) is 0. The highest BCUT2D eigenvalue weighted by Crippen LogP contribution is 2.17. The van der Waals surface area contributed by atoms with Crippen molar-refractivity contribution in [1.82, 2.24) is 0 Å². The molecule has 3 nitrogen and oxygen atoms in total. The van der Waals surface area contributed by atoms with Gasteiger partial charge in [0.25, 0.3) is 0 Å². The van der Waals surface area contributed by atoms with Crippen LogP contribution >= 0.6 is 12.6 Å². The van der Waals surface area contributed by atoms with Crippen LogP contribution in [0.5, 0.6) is 0 Å². The predicted molar refractivity (Wildman–Crippen MR) is 56.9 cm³/mol. The lowest BCUT2D eigenvalue weighted by molar-refractivity contribution is -0.145. The molecule has 0 aliphatic rings. The molecule has 0 aliphatic heterocycles. The van der Waals surface area contributed by atoms with E-state index in [1.165, 1.54) is 0 Å². The number of hydrogen-bond donors (Lipinski definition) is 2. The van der Waals surface area contributed by atoms with Crippen molar-refractivity contribution in [2.45, 2.75) is 33.2 Å². The minimum atomic E-state index is -0.594. The van der Waals surface area contributed by atoms with Crippen molar-refractivity contribution in [2.75, 3.05) is 12.4 Å². The molecule has 0 unspecified atom stereocenters. The number of esters is 1. The van der Waals surface area contributed by atoms with Crippen LogP contribution in [0.25, 0.3) is 0 Å². The number of carbonyl (C=O) groups is 1. The molecule has 0 bridgehead atoms. The molecule has 78 valence electrons. The second-order valence-electron chi connectivity index (χ2n) is 4.27. The highest BCUT2D eigenvalue weighted by atomic mass is 32.1. The van der Waals surface area contributed by atoms with Gasteiger partial charge in [-0.1, -0.05) is 20.8 Å². The topological polar surface area (TPSA) is 52.3 Å². The molecule has 0 aromatic heterocycles. The Balaban J connectivity index is 3.60. The average molecular weight is 205 g/mol. The van der Waals surface area contributed by atoms with Crippen LogP contribution < -0.4 is 5.73 Å². The van der Waals surface area contributed by atoms with Crippen LogP contribution in [0.15, 0.2) is 0 Å². The lowest BCUT2D eigenvalue weighted by Crippen LogP contribution is -2.34. The molecule has 0 aromatic rings. The van der Waals surface area contributed by atoms with Gasteiger partial charge < -0.3 is 10.5 Å². The number of carbonyl (C=O) groups excluding carboxylic acids is 1. The zero-order chi connectivity index (χ0) is 10.5. The molecule has 0 aliphatic carbocycles. The molecule has 4 heteroatoms. The summed E-state index contributed by atoms with van der Waals surface area (Å²) in [5.41, 5.74) is 5.60. The maximum atomic E-state index is 11.1. The number of rotatable bonds is 4. The fraction of sp³-hybridized carbons (Fsp3) is 0.889. The molecule has 1 atom stereocenters. The lowest BCUT2D eigenvalue weighted by atomic mass is 9.93. The van der Waals surface area contributed by atoms with Crippen molar-refractivity contribution in [1.29, 1.82) is 0 Å². The lowest BCUT2D eigenvalue weighted by Gasteiger charge is -2.18. The normalized spacial score (nSPS) is 13.9. The van der Waals surface area contributed by atoms with Crippen molar-refractivity contribution >= 4 is 18.6 Å². The molecular weight excluding hydrogens is 186 g/mol. The predicted octanol–water partition coefficient (Wildman–Crippen LogP) is 1.22. The zero-order valence-electron chi connectivity index (χ0n) is 8.54. The highest BCUT2D eigenvalue weighted by molar-refractivity contribution is 7.80. The number of ether oxygens (including phenoxy) is 1. The van der Waals surface area contributed by atoms with E-state index in [-0.39, 0.29) is 11.4 Å². The number of nitrogens with two attached hydrogens (primary N) is 1. The Kier molecular flexibility index (Phi) is 5.40. The molecule has 0 saturated carbocycles. The van der Waals surface area contributed by atoms with Crippen LogP contribution in [0.4, 0.5) is 0 Å². The van der Waals surface area contributed by atoms with E-state index >= 15 is 0 Å². The Morgan fingerprint density at radius 1 is 1.54 bits per heavy atom. The van der Waals surface area contributed by atoms with Crippen LogP contribution in [0.1, 0.15) is 27.2 Å². The van der Waals surface area contributed by atoms with Gasteiger partial charge in [0.15, 0.2) is 0 Å². The van der Waals surface area contributed by atoms with E-state index in [1.54, 1.807) is 0 Å². The van der Waals surface area contributed by atoms with Gasteiger partial charge in [-0.15, -0.1) is 0 Å². The molecule has 2 N–H and O–H groups in total. The Morgan fingerprint density at radius 3 is 2.46 bits per heavy atom. The van der Waals surface area contributed by atoms with Crippen LogP contribution in [-0.4, -0.2) is 24.4 Å². The van der Waals surface area contributed by atoms with Crippen LogP contribution in [0.2, 0.25) is 0 Å². The molecule has 0 heterocycles. The Bertz CT molecular complexity index is 165. The summed E-state index contributed by atoms with van der Waals surface area (Å²) in [6.45, 7) is 6.72. The SMILES string of the molecule is CC(C)(C)CCOC(=O)[C@H](N)CS. The third-order valence-corrected chi connectivity index (χ3v) is 1.99. The molecule has 0 saturated heterocycles. The quantitative estimate of drug-likeness (QED) is 0.536. The first-order chi connectivity index (χ1) is 5.87. The van der Waals surface area contributed by atoms with E-state index in [1.807, 2.05) is 0 Å². The smallest absolute Gasteiger partial charge is 0.323 e. The molecular formula is C9H19NO2S. The van der Waals surface area contributed by atoms with Crippen molar-refractivity contribution in [2.24, 2.45) is 11.1 Å². The molecule has 13 heavy (non-hydrogen) atoms. The van der Waals surface area contributed by atoms with E-state index < -0.39 is 6.04 Å². The molecule has 0 aromatic carbocycles.